The highest BCUT2D eigenvalue weighted by molar-refractivity contribution is 5.42. The zero-order valence-electron chi connectivity index (χ0n) is 10.3. The van der Waals surface area contributed by atoms with E-state index in [2.05, 4.69) is 48.6 Å². The minimum atomic E-state index is 0.219. The van der Waals surface area contributed by atoms with Crippen LogP contribution < -0.4 is 11.1 Å². The minimum Gasteiger partial charge on any atom is -0.399 e. The lowest BCUT2D eigenvalue weighted by Gasteiger charge is -2.17. The van der Waals surface area contributed by atoms with Crippen molar-refractivity contribution in [2.75, 3.05) is 12.8 Å². The van der Waals surface area contributed by atoms with Crippen molar-refractivity contribution < 1.29 is 0 Å². The summed E-state index contributed by atoms with van der Waals surface area (Å²) < 4.78 is 0. The van der Waals surface area contributed by atoms with Gasteiger partial charge in [-0.25, -0.2) is 0 Å². The fourth-order valence-corrected chi connectivity index (χ4v) is 1.97. The highest BCUT2D eigenvalue weighted by Gasteiger charge is 2.10. The Morgan fingerprint density at radius 1 is 0.882 bits per heavy atom. The number of nitrogens with one attached hydrogen (secondary N) is 1. The van der Waals surface area contributed by atoms with Crippen LogP contribution in [0.1, 0.15) is 22.7 Å². The summed E-state index contributed by atoms with van der Waals surface area (Å²) in [5, 5.41) is 3.33. The summed E-state index contributed by atoms with van der Waals surface area (Å²) in [6.45, 7) is 2.10. The summed E-state index contributed by atoms with van der Waals surface area (Å²) in [6, 6.07) is 16.8. The average molecular weight is 226 g/mol. The zero-order chi connectivity index (χ0) is 12.3. The molecule has 0 amide bonds. The first kappa shape index (κ1) is 11.7. The maximum absolute atomic E-state index is 5.71. The van der Waals surface area contributed by atoms with Crippen LogP contribution in [0.4, 0.5) is 5.69 Å². The van der Waals surface area contributed by atoms with Gasteiger partial charge in [-0.3, -0.25) is 0 Å². The third-order valence-electron chi connectivity index (χ3n) is 2.97. The lowest BCUT2D eigenvalue weighted by molar-refractivity contribution is 0.692. The third kappa shape index (κ3) is 2.66. The lowest BCUT2D eigenvalue weighted by Crippen LogP contribution is -2.17. The van der Waals surface area contributed by atoms with E-state index in [1.54, 1.807) is 0 Å². The number of aryl methyl sites for hydroxylation is 1. The second-order valence-electron chi connectivity index (χ2n) is 4.30. The van der Waals surface area contributed by atoms with E-state index in [0.717, 1.165) is 5.69 Å². The van der Waals surface area contributed by atoms with Gasteiger partial charge in [0.15, 0.2) is 0 Å². The van der Waals surface area contributed by atoms with Crippen LogP contribution in [0.25, 0.3) is 0 Å². The van der Waals surface area contributed by atoms with Crippen molar-refractivity contribution >= 4 is 5.69 Å². The van der Waals surface area contributed by atoms with Gasteiger partial charge in [-0.2, -0.15) is 0 Å². The highest BCUT2D eigenvalue weighted by atomic mass is 14.9. The van der Waals surface area contributed by atoms with Gasteiger partial charge in [-0.1, -0.05) is 42.0 Å². The minimum absolute atomic E-state index is 0.219. The van der Waals surface area contributed by atoms with Crippen LogP contribution >= 0.6 is 0 Å². The summed E-state index contributed by atoms with van der Waals surface area (Å²) in [4.78, 5) is 0. The lowest BCUT2D eigenvalue weighted by atomic mass is 9.98. The SMILES string of the molecule is CN[C@H](c1ccc(C)cc1)c1ccc(N)cc1. The first-order valence-corrected chi connectivity index (χ1v) is 5.80. The number of benzene rings is 2. The second-order valence-corrected chi connectivity index (χ2v) is 4.30. The van der Waals surface area contributed by atoms with E-state index >= 15 is 0 Å². The predicted molar refractivity (Wildman–Crippen MR) is 72.9 cm³/mol. The molecule has 0 fully saturated rings. The number of rotatable bonds is 3. The molecule has 0 spiro atoms. The number of anilines is 1. The molecule has 2 rings (SSSR count). The highest BCUT2D eigenvalue weighted by Crippen LogP contribution is 2.22. The fourth-order valence-electron chi connectivity index (χ4n) is 1.97. The number of nitrogens with two attached hydrogens (primary N) is 1. The Labute approximate surface area is 102 Å². The molecule has 2 aromatic carbocycles. The van der Waals surface area contributed by atoms with Crippen molar-refractivity contribution in [2.24, 2.45) is 0 Å². The molecule has 0 saturated heterocycles. The molecule has 0 unspecified atom stereocenters. The molecule has 0 saturated carbocycles. The van der Waals surface area contributed by atoms with E-state index in [9.17, 15) is 0 Å². The van der Waals surface area contributed by atoms with Crippen LogP contribution in [0.2, 0.25) is 0 Å². The molecular formula is C15H18N2. The topological polar surface area (TPSA) is 38.0 Å². The number of hydrogen-bond donors (Lipinski definition) is 2. The van der Waals surface area contributed by atoms with Crippen molar-refractivity contribution in [3.63, 3.8) is 0 Å². The molecular weight excluding hydrogens is 208 g/mol. The Morgan fingerprint density at radius 3 is 1.82 bits per heavy atom. The Kier molecular flexibility index (Phi) is 3.45. The van der Waals surface area contributed by atoms with Gasteiger partial charge in [-0.15, -0.1) is 0 Å². The van der Waals surface area contributed by atoms with Crippen LogP contribution in [-0.2, 0) is 0 Å². The van der Waals surface area contributed by atoms with Crippen LogP contribution in [0, 0.1) is 6.92 Å². The van der Waals surface area contributed by atoms with Crippen molar-refractivity contribution in [1.29, 1.82) is 0 Å². The van der Waals surface area contributed by atoms with Gasteiger partial charge in [-0.05, 0) is 37.2 Å². The second kappa shape index (κ2) is 5.02. The molecule has 2 heteroatoms. The van der Waals surface area contributed by atoms with Crippen LogP contribution in [0.5, 0.6) is 0 Å². The molecule has 17 heavy (non-hydrogen) atoms. The summed E-state index contributed by atoms with van der Waals surface area (Å²) in [5.41, 5.74) is 10.3. The maximum Gasteiger partial charge on any atom is 0.0574 e. The normalized spacial score (nSPS) is 12.4. The number of nitrogen functional groups attached to an aromatic ring is 1. The Balaban J connectivity index is 2.33. The van der Waals surface area contributed by atoms with E-state index < -0.39 is 0 Å². The van der Waals surface area contributed by atoms with Gasteiger partial charge >= 0.3 is 0 Å². The molecule has 0 heterocycles. The molecule has 0 aliphatic rings. The van der Waals surface area contributed by atoms with Gasteiger partial charge in [0.1, 0.15) is 0 Å². The average Bonchev–Trinajstić information content (AvgIpc) is 2.35. The van der Waals surface area contributed by atoms with E-state index in [4.69, 9.17) is 5.73 Å². The monoisotopic (exact) mass is 226 g/mol. The smallest absolute Gasteiger partial charge is 0.0574 e. The van der Waals surface area contributed by atoms with E-state index in [1.807, 2.05) is 19.2 Å². The maximum atomic E-state index is 5.71. The summed E-state index contributed by atoms with van der Waals surface area (Å²) in [6.07, 6.45) is 0. The van der Waals surface area contributed by atoms with Crippen LogP contribution in [0.3, 0.4) is 0 Å². The zero-order valence-corrected chi connectivity index (χ0v) is 10.3. The summed E-state index contributed by atoms with van der Waals surface area (Å²) in [5.74, 6) is 0. The van der Waals surface area contributed by atoms with Crippen molar-refractivity contribution in [1.82, 2.24) is 5.32 Å². The number of hydrogen-bond acceptors (Lipinski definition) is 2. The van der Waals surface area contributed by atoms with Crippen LogP contribution in [0.15, 0.2) is 48.5 Å². The van der Waals surface area contributed by atoms with Crippen molar-refractivity contribution in [3.8, 4) is 0 Å². The molecule has 0 aliphatic heterocycles. The van der Waals surface area contributed by atoms with Crippen molar-refractivity contribution in [3.05, 3.63) is 65.2 Å². The van der Waals surface area contributed by atoms with Crippen molar-refractivity contribution in [2.45, 2.75) is 13.0 Å². The quantitative estimate of drug-likeness (QED) is 0.790. The third-order valence-corrected chi connectivity index (χ3v) is 2.97. The standard InChI is InChI=1S/C15H18N2/c1-11-3-5-12(6-4-11)15(17-2)13-7-9-14(16)10-8-13/h3-10,15,17H,16H2,1-2H3/t15-/m1/s1. The first-order valence-electron chi connectivity index (χ1n) is 5.80. The molecule has 2 nitrogen and oxygen atoms in total. The first-order chi connectivity index (χ1) is 8.20. The summed E-state index contributed by atoms with van der Waals surface area (Å²) >= 11 is 0. The van der Waals surface area contributed by atoms with Gasteiger partial charge in [0.05, 0.1) is 6.04 Å². The van der Waals surface area contributed by atoms with Gasteiger partial charge in [0.2, 0.25) is 0 Å². The Hall–Kier alpha value is -1.80. The van der Waals surface area contributed by atoms with Crippen LogP contribution in [-0.4, -0.2) is 7.05 Å². The molecule has 88 valence electrons. The Bertz CT molecular complexity index is 426. The molecule has 0 radical (unpaired) electrons. The largest absolute Gasteiger partial charge is 0.399 e. The predicted octanol–water partition coefficient (Wildman–Crippen LogP) is 2.89. The van der Waals surface area contributed by atoms with E-state index in [-0.39, 0.29) is 6.04 Å². The molecule has 0 bridgehead atoms. The van der Waals surface area contributed by atoms with Gasteiger partial charge in [0, 0.05) is 5.69 Å². The Morgan fingerprint density at radius 2 is 1.35 bits per heavy atom. The summed E-state index contributed by atoms with van der Waals surface area (Å²) in [7, 11) is 1.97. The van der Waals surface area contributed by atoms with E-state index in [0.29, 0.717) is 0 Å². The van der Waals surface area contributed by atoms with E-state index in [1.165, 1.54) is 16.7 Å². The fraction of sp³-hybridized carbons (Fsp3) is 0.200. The molecule has 0 aliphatic carbocycles. The molecule has 0 aromatic heterocycles. The molecule has 2 aromatic rings. The molecule has 1 atom stereocenters. The molecule has 3 N–H and O–H groups in total. The van der Waals surface area contributed by atoms with Gasteiger partial charge in [0.25, 0.3) is 0 Å². The van der Waals surface area contributed by atoms with Gasteiger partial charge < -0.3 is 11.1 Å².